The van der Waals surface area contributed by atoms with Crippen molar-refractivity contribution in [1.82, 2.24) is 14.9 Å². The summed E-state index contributed by atoms with van der Waals surface area (Å²) in [4.78, 5) is 32.9. The molecule has 1 aromatic heterocycles. The van der Waals surface area contributed by atoms with Crippen LogP contribution in [0.1, 0.15) is 37.4 Å². The Morgan fingerprint density at radius 3 is 2.95 bits per heavy atom. The van der Waals surface area contributed by atoms with Gasteiger partial charge in [0.1, 0.15) is 5.82 Å². The first-order valence-corrected chi connectivity index (χ1v) is 6.62. The summed E-state index contributed by atoms with van der Waals surface area (Å²) in [5.74, 6) is -0.426. The summed E-state index contributed by atoms with van der Waals surface area (Å²) in [6.07, 6.45) is 4.91. The first-order valence-electron chi connectivity index (χ1n) is 6.62. The topological polar surface area (TPSA) is 95.4 Å². The van der Waals surface area contributed by atoms with Crippen molar-refractivity contribution in [3.63, 3.8) is 0 Å². The van der Waals surface area contributed by atoms with E-state index >= 15 is 0 Å². The molecule has 0 aromatic carbocycles. The number of likely N-dealkylation sites (tertiary alicyclic amines) is 1. The van der Waals surface area contributed by atoms with E-state index in [4.69, 9.17) is 5.11 Å². The smallest absolute Gasteiger partial charge is 0.303 e. The highest BCUT2D eigenvalue weighted by Gasteiger charge is 2.31. The number of amides is 1. The second-order valence-corrected chi connectivity index (χ2v) is 4.72. The van der Waals surface area contributed by atoms with Crippen LogP contribution >= 0.6 is 0 Å². The van der Waals surface area contributed by atoms with E-state index in [9.17, 15) is 9.59 Å². The molecule has 0 spiro atoms. The number of hydrogen-bond acceptors (Lipinski definition) is 5. The number of aromatic nitrogens is 2. The zero-order valence-electron chi connectivity index (χ0n) is 11.4. The second-order valence-electron chi connectivity index (χ2n) is 4.72. The van der Waals surface area contributed by atoms with Crippen LogP contribution in [0.5, 0.6) is 0 Å². The fourth-order valence-corrected chi connectivity index (χ4v) is 2.39. The third kappa shape index (κ3) is 3.23. The average Bonchev–Trinajstić information content (AvgIpc) is 2.94. The molecule has 0 saturated carbocycles. The van der Waals surface area contributed by atoms with Crippen molar-refractivity contribution in [3.8, 4) is 0 Å². The van der Waals surface area contributed by atoms with Gasteiger partial charge in [0.05, 0.1) is 30.6 Å². The quantitative estimate of drug-likeness (QED) is 0.835. The second kappa shape index (κ2) is 6.31. The zero-order valence-corrected chi connectivity index (χ0v) is 11.4. The number of nitrogens with one attached hydrogen (secondary N) is 1. The molecule has 1 fully saturated rings. The van der Waals surface area contributed by atoms with Crippen LogP contribution in [0.3, 0.4) is 0 Å². The average molecular weight is 278 g/mol. The van der Waals surface area contributed by atoms with E-state index in [1.165, 1.54) is 0 Å². The molecule has 0 aliphatic carbocycles. The van der Waals surface area contributed by atoms with Crippen LogP contribution in [-0.2, 0) is 9.59 Å². The zero-order chi connectivity index (χ0) is 14.5. The van der Waals surface area contributed by atoms with Gasteiger partial charge in [-0.2, -0.15) is 0 Å². The lowest BCUT2D eigenvalue weighted by atomic mass is 10.1. The highest BCUT2D eigenvalue weighted by molar-refractivity contribution is 5.81. The number of carbonyl (C=O) groups is 2. The SMILES string of the molecule is CNc1cncc([C@@H]2CCCN2C(=O)CCC(=O)O)n1. The highest BCUT2D eigenvalue weighted by Crippen LogP contribution is 2.31. The first-order chi connectivity index (χ1) is 9.61. The monoisotopic (exact) mass is 278 g/mol. The fraction of sp³-hybridized carbons (Fsp3) is 0.538. The normalized spacial score (nSPS) is 18.1. The molecule has 1 saturated heterocycles. The van der Waals surface area contributed by atoms with Crippen LogP contribution in [0.15, 0.2) is 12.4 Å². The van der Waals surface area contributed by atoms with Gasteiger partial charge in [-0.05, 0) is 12.8 Å². The predicted octanol–water partition coefficient (Wildman–Crippen LogP) is 1.05. The molecule has 0 radical (unpaired) electrons. The molecule has 1 atom stereocenters. The van der Waals surface area contributed by atoms with Gasteiger partial charge < -0.3 is 15.3 Å². The summed E-state index contributed by atoms with van der Waals surface area (Å²) in [7, 11) is 1.76. The molecule has 7 nitrogen and oxygen atoms in total. The van der Waals surface area contributed by atoms with Crippen LogP contribution in [0.4, 0.5) is 5.82 Å². The summed E-state index contributed by atoms with van der Waals surface area (Å²) >= 11 is 0. The number of carbonyl (C=O) groups excluding carboxylic acids is 1. The number of hydrogen-bond donors (Lipinski definition) is 2. The number of rotatable bonds is 5. The largest absolute Gasteiger partial charge is 0.481 e. The Hall–Kier alpha value is -2.18. The first kappa shape index (κ1) is 14.2. The maximum Gasteiger partial charge on any atom is 0.303 e. The van der Waals surface area contributed by atoms with Crippen molar-refractivity contribution in [2.24, 2.45) is 0 Å². The van der Waals surface area contributed by atoms with Gasteiger partial charge >= 0.3 is 5.97 Å². The Balaban J connectivity index is 2.09. The number of anilines is 1. The van der Waals surface area contributed by atoms with Gasteiger partial charge in [-0.1, -0.05) is 0 Å². The molecule has 1 aliphatic heterocycles. The van der Waals surface area contributed by atoms with E-state index in [0.717, 1.165) is 18.5 Å². The summed E-state index contributed by atoms with van der Waals surface area (Å²) in [6, 6.07) is -0.0999. The Morgan fingerprint density at radius 1 is 1.45 bits per heavy atom. The molecule has 2 heterocycles. The van der Waals surface area contributed by atoms with E-state index in [2.05, 4.69) is 15.3 Å². The number of nitrogens with zero attached hydrogens (tertiary/aromatic N) is 3. The Bertz CT molecular complexity index is 506. The minimum atomic E-state index is -0.953. The molecule has 1 amide bonds. The maximum atomic E-state index is 12.1. The molecular weight excluding hydrogens is 260 g/mol. The highest BCUT2D eigenvalue weighted by atomic mass is 16.4. The minimum Gasteiger partial charge on any atom is -0.481 e. The van der Waals surface area contributed by atoms with Gasteiger partial charge in [0, 0.05) is 20.0 Å². The predicted molar refractivity (Wildman–Crippen MR) is 72.1 cm³/mol. The van der Waals surface area contributed by atoms with Crippen molar-refractivity contribution < 1.29 is 14.7 Å². The van der Waals surface area contributed by atoms with Crippen molar-refractivity contribution in [1.29, 1.82) is 0 Å². The minimum absolute atomic E-state index is 0.0327. The summed E-state index contributed by atoms with van der Waals surface area (Å²) in [6.45, 7) is 0.647. The van der Waals surface area contributed by atoms with E-state index in [1.54, 1.807) is 24.3 Å². The van der Waals surface area contributed by atoms with Crippen LogP contribution in [0.2, 0.25) is 0 Å². The Kier molecular flexibility index (Phi) is 4.49. The lowest BCUT2D eigenvalue weighted by Crippen LogP contribution is -2.31. The third-order valence-corrected chi connectivity index (χ3v) is 3.38. The van der Waals surface area contributed by atoms with Gasteiger partial charge in [-0.15, -0.1) is 0 Å². The standard InChI is InChI=1S/C13H18N4O3/c1-14-11-8-15-7-9(16-11)10-3-2-6-17(10)12(18)4-5-13(19)20/h7-8,10H,2-6H2,1H3,(H,14,16)(H,19,20)/t10-/m0/s1. The van der Waals surface area contributed by atoms with Gasteiger partial charge in [0.25, 0.3) is 0 Å². The number of carboxylic acid groups (broad SMARTS) is 1. The van der Waals surface area contributed by atoms with Crippen LogP contribution in [-0.4, -0.2) is 45.4 Å². The molecule has 1 aliphatic rings. The molecule has 108 valence electrons. The third-order valence-electron chi connectivity index (χ3n) is 3.38. The summed E-state index contributed by atoms with van der Waals surface area (Å²) in [5, 5.41) is 11.6. The van der Waals surface area contributed by atoms with Crippen molar-refractivity contribution in [2.75, 3.05) is 18.9 Å². The molecule has 1 aromatic rings. The van der Waals surface area contributed by atoms with Crippen molar-refractivity contribution >= 4 is 17.7 Å². The Morgan fingerprint density at radius 2 is 2.25 bits per heavy atom. The van der Waals surface area contributed by atoms with E-state index in [1.807, 2.05) is 0 Å². The van der Waals surface area contributed by atoms with Gasteiger partial charge in [0.15, 0.2) is 0 Å². The molecule has 20 heavy (non-hydrogen) atoms. The van der Waals surface area contributed by atoms with Crippen LogP contribution < -0.4 is 5.32 Å². The van der Waals surface area contributed by atoms with Crippen LogP contribution in [0, 0.1) is 0 Å². The van der Waals surface area contributed by atoms with E-state index in [0.29, 0.717) is 12.4 Å². The lowest BCUT2D eigenvalue weighted by molar-refractivity contribution is -0.141. The number of aliphatic carboxylic acids is 1. The van der Waals surface area contributed by atoms with Gasteiger partial charge in [0.2, 0.25) is 5.91 Å². The molecule has 0 bridgehead atoms. The van der Waals surface area contributed by atoms with E-state index in [-0.39, 0.29) is 24.8 Å². The lowest BCUT2D eigenvalue weighted by Gasteiger charge is -2.24. The van der Waals surface area contributed by atoms with E-state index < -0.39 is 5.97 Å². The van der Waals surface area contributed by atoms with Gasteiger partial charge in [-0.25, -0.2) is 4.98 Å². The molecule has 2 rings (SSSR count). The summed E-state index contributed by atoms with van der Waals surface area (Å²) < 4.78 is 0. The van der Waals surface area contributed by atoms with Crippen molar-refractivity contribution in [2.45, 2.75) is 31.7 Å². The van der Waals surface area contributed by atoms with Gasteiger partial charge in [-0.3, -0.25) is 14.6 Å². The Labute approximate surface area is 117 Å². The van der Waals surface area contributed by atoms with Crippen LogP contribution in [0.25, 0.3) is 0 Å². The molecule has 2 N–H and O–H groups in total. The molecule has 7 heteroatoms. The van der Waals surface area contributed by atoms with Crippen molar-refractivity contribution in [3.05, 3.63) is 18.1 Å². The molecular formula is C13H18N4O3. The maximum absolute atomic E-state index is 12.1. The fourth-order valence-electron chi connectivity index (χ4n) is 2.39. The summed E-state index contributed by atoms with van der Waals surface area (Å²) in [5.41, 5.74) is 0.748. The molecule has 0 unspecified atom stereocenters. The number of carboxylic acids is 1.